The number of ether oxygens (including phenoxy) is 1. The van der Waals surface area contributed by atoms with E-state index in [9.17, 15) is 18.5 Å². The van der Waals surface area contributed by atoms with Crippen molar-refractivity contribution >= 4 is 38.6 Å². The molecule has 21 heavy (non-hydrogen) atoms. The molecule has 0 bridgehead atoms. The third kappa shape index (κ3) is 3.21. The summed E-state index contributed by atoms with van der Waals surface area (Å²) < 4.78 is 31.6. The van der Waals surface area contributed by atoms with Crippen molar-refractivity contribution in [3.8, 4) is 0 Å². The molecule has 1 aromatic heterocycles. The highest BCUT2D eigenvalue weighted by molar-refractivity contribution is 7.91. The van der Waals surface area contributed by atoms with Crippen LogP contribution in [-0.4, -0.2) is 43.4 Å². The summed E-state index contributed by atoms with van der Waals surface area (Å²) in [5, 5.41) is 10.8. The van der Waals surface area contributed by atoms with Gasteiger partial charge in [-0.3, -0.25) is 10.1 Å². The second-order valence-corrected chi connectivity index (χ2v) is 8.90. The first-order chi connectivity index (χ1) is 9.69. The smallest absolute Gasteiger partial charge is 0.300 e. The van der Waals surface area contributed by atoms with E-state index in [1.54, 1.807) is 7.11 Å². The van der Waals surface area contributed by atoms with Gasteiger partial charge in [-0.15, -0.1) is 11.3 Å². The summed E-state index contributed by atoms with van der Waals surface area (Å²) >= 11 is 6.44. The maximum atomic E-state index is 12.6. The number of methoxy groups -OCH3 is 1. The number of hydrogen-bond acceptors (Lipinski definition) is 6. The minimum atomic E-state index is -3.80. The lowest BCUT2D eigenvalue weighted by Gasteiger charge is -2.38. The molecular formula is C11H15ClN2O5S2. The largest absolute Gasteiger partial charge is 0.377 e. The van der Waals surface area contributed by atoms with Crippen molar-refractivity contribution in [2.24, 2.45) is 0 Å². The zero-order valence-corrected chi connectivity index (χ0v) is 13.9. The van der Waals surface area contributed by atoms with E-state index in [1.807, 2.05) is 6.92 Å². The molecule has 0 saturated carbocycles. The molecule has 1 aliphatic heterocycles. The van der Waals surface area contributed by atoms with Gasteiger partial charge in [-0.25, -0.2) is 8.42 Å². The molecule has 1 unspecified atom stereocenters. The van der Waals surface area contributed by atoms with Crippen LogP contribution in [0.2, 0.25) is 4.34 Å². The van der Waals surface area contributed by atoms with Gasteiger partial charge in [0.1, 0.15) is 4.21 Å². The summed E-state index contributed by atoms with van der Waals surface area (Å²) in [6.07, 6.45) is 1.44. The van der Waals surface area contributed by atoms with E-state index in [0.717, 1.165) is 12.5 Å². The average molecular weight is 355 g/mol. The van der Waals surface area contributed by atoms with Crippen molar-refractivity contribution in [2.75, 3.05) is 20.2 Å². The minimum absolute atomic E-state index is 0.112. The number of sulfonamides is 1. The van der Waals surface area contributed by atoms with E-state index in [2.05, 4.69) is 0 Å². The maximum absolute atomic E-state index is 12.6. The van der Waals surface area contributed by atoms with Crippen LogP contribution in [-0.2, 0) is 14.8 Å². The lowest BCUT2D eigenvalue weighted by Crippen LogP contribution is -2.49. The quantitative estimate of drug-likeness (QED) is 0.612. The topological polar surface area (TPSA) is 89.8 Å². The van der Waals surface area contributed by atoms with Gasteiger partial charge in [0.15, 0.2) is 4.34 Å². The van der Waals surface area contributed by atoms with E-state index < -0.39 is 20.5 Å². The van der Waals surface area contributed by atoms with E-state index in [4.69, 9.17) is 16.3 Å². The fraction of sp³-hybridized carbons (Fsp3) is 0.636. The second kappa shape index (κ2) is 5.81. The summed E-state index contributed by atoms with van der Waals surface area (Å²) in [4.78, 5) is 10.1. The van der Waals surface area contributed by atoms with Crippen LogP contribution in [0.3, 0.4) is 0 Å². The Balaban J connectivity index is 2.34. The molecule has 1 fully saturated rings. The monoisotopic (exact) mass is 354 g/mol. The zero-order valence-electron chi connectivity index (χ0n) is 11.5. The van der Waals surface area contributed by atoms with Gasteiger partial charge in [0.2, 0.25) is 0 Å². The van der Waals surface area contributed by atoms with E-state index in [1.165, 1.54) is 4.31 Å². The van der Waals surface area contributed by atoms with Crippen LogP contribution in [0.15, 0.2) is 10.3 Å². The molecule has 2 rings (SSSR count). The van der Waals surface area contributed by atoms with Crippen LogP contribution in [0.5, 0.6) is 0 Å². The molecule has 10 heteroatoms. The molecular weight excluding hydrogens is 340 g/mol. The molecule has 0 aliphatic carbocycles. The number of rotatable bonds is 4. The molecule has 0 amide bonds. The van der Waals surface area contributed by atoms with Crippen LogP contribution in [0, 0.1) is 10.1 Å². The van der Waals surface area contributed by atoms with Crippen molar-refractivity contribution < 1.29 is 18.1 Å². The highest BCUT2D eigenvalue weighted by atomic mass is 35.5. The molecule has 0 spiro atoms. The molecule has 0 aromatic carbocycles. The van der Waals surface area contributed by atoms with Crippen molar-refractivity contribution in [3.63, 3.8) is 0 Å². The molecule has 118 valence electrons. The van der Waals surface area contributed by atoms with Crippen molar-refractivity contribution in [1.82, 2.24) is 4.31 Å². The summed E-state index contributed by atoms with van der Waals surface area (Å²) in [6.45, 7) is 2.43. The number of halogens is 1. The average Bonchev–Trinajstić information content (AvgIpc) is 2.82. The molecule has 2 heterocycles. The third-order valence-corrected chi connectivity index (χ3v) is 7.19. The molecule has 7 nitrogen and oxygen atoms in total. The number of nitro groups is 1. The molecule has 0 N–H and O–H groups in total. The fourth-order valence-corrected chi connectivity index (χ4v) is 5.66. The van der Waals surface area contributed by atoms with E-state index in [-0.39, 0.29) is 20.8 Å². The first-order valence-electron chi connectivity index (χ1n) is 6.19. The molecule has 0 radical (unpaired) electrons. The Bertz CT molecular complexity index is 660. The Labute approximate surface area is 131 Å². The van der Waals surface area contributed by atoms with Crippen LogP contribution in [0.25, 0.3) is 0 Å². The highest BCUT2D eigenvalue weighted by Crippen LogP contribution is 2.38. The Morgan fingerprint density at radius 2 is 2.24 bits per heavy atom. The van der Waals surface area contributed by atoms with Gasteiger partial charge in [0, 0.05) is 26.3 Å². The van der Waals surface area contributed by atoms with Crippen molar-refractivity contribution in [2.45, 2.75) is 29.6 Å². The summed E-state index contributed by atoms with van der Waals surface area (Å²) in [6, 6.07) is 1.01. The van der Waals surface area contributed by atoms with Gasteiger partial charge < -0.3 is 4.74 Å². The SMILES string of the molecule is COC1(C)CCCN(S(=O)(=O)c2cc([N+](=O)[O-])c(Cl)s2)C1. The van der Waals surface area contributed by atoms with Crippen LogP contribution >= 0.6 is 22.9 Å². The van der Waals surface area contributed by atoms with E-state index >= 15 is 0 Å². The number of nitrogens with zero attached hydrogens (tertiary/aromatic N) is 2. The fourth-order valence-electron chi connectivity index (χ4n) is 2.25. The highest BCUT2D eigenvalue weighted by Gasteiger charge is 2.38. The Morgan fingerprint density at radius 1 is 1.57 bits per heavy atom. The standard InChI is InChI=1S/C11H15ClN2O5S2/c1-11(19-2)4-3-5-13(7-11)21(17,18)9-6-8(14(15)16)10(12)20-9/h6H,3-5,7H2,1-2H3. The second-order valence-electron chi connectivity index (χ2n) is 5.08. The first-order valence-corrected chi connectivity index (χ1v) is 8.82. The predicted molar refractivity (Wildman–Crippen MR) is 79.4 cm³/mol. The first kappa shape index (κ1) is 16.6. The molecule has 1 aliphatic rings. The van der Waals surface area contributed by atoms with E-state index in [0.29, 0.717) is 24.3 Å². The summed E-state index contributed by atoms with van der Waals surface area (Å²) in [5.41, 5.74) is -0.926. The molecule has 1 saturated heterocycles. The van der Waals surface area contributed by atoms with Gasteiger partial charge in [0.25, 0.3) is 15.7 Å². The third-order valence-electron chi connectivity index (χ3n) is 3.55. The van der Waals surface area contributed by atoms with Gasteiger partial charge >= 0.3 is 0 Å². The Morgan fingerprint density at radius 3 is 2.76 bits per heavy atom. The van der Waals surface area contributed by atoms with Crippen molar-refractivity contribution in [1.29, 1.82) is 0 Å². The summed E-state index contributed by atoms with van der Waals surface area (Å²) in [7, 11) is -2.25. The lowest BCUT2D eigenvalue weighted by atomic mass is 9.96. The van der Waals surface area contributed by atoms with Gasteiger partial charge in [0.05, 0.1) is 10.5 Å². The summed E-state index contributed by atoms with van der Waals surface area (Å²) in [5.74, 6) is 0. The normalized spacial score (nSPS) is 24.1. The lowest BCUT2D eigenvalue weighted by molar-refractivity contribution is -0.384. The van der Waals surface area contributed by atoms with Crippen LogP contribution in [0.1, 0.15) is 19.8 Å². The number of thiophene rings is 1. The minimum Gasteiger partial charge on any atom is -0.377 e. The number of piperidine rings is 1. The zero-order chi connectivity index (χ0) is 15.8. The van der Waals surface area contributed by atoms with Gasteiger partial charge in [-0.1, -0.05) is 11.6 Å². The Kier molecular flexibility index (Phi) is 4.60. The van der Waals surface area contributed by atoms with Gasteiger partial charge in [-0.05, 0) is 19.8 Å². The number of hydrogen-bond donors (Lipinski definition) is 0. The van der Waals surface area contributed by atoms with Crippen molar-refractivity contribution in [3.05, 3.63) is 20.5 Å². The predicted octanol–water partition coefficient (Wildman–Crippen LogP) is 2.50. The van der Waals surface area contributed by atoms with Crippen LogP contribution in [0.4, 0.5) is 5.69 Å². The Hall–Kier alpha value is -0.740. The van der Waals surface area contributed by atoms with Gasteiger partial charge in [-0.2, -0.15) is 4.31 Å². The molecule has 1 atom stereocenters. The maximum Gasteiger partial charge on any atom is 0.300 e. The van der Waals surface area contributed by atoms with Crippen LogP contribution < -0.4 is 0 Å². The molecule has 1 aromatic rings.